The second-order valence-corrected chi connectivity index (χ2v) is 29.5. The number of benzene rings is 2. The highest BCUT2D eigenvalue weighted by Gasteiger charge is 2.60. The van der Waals surface area contributed by atoms with Crippen molar-refractivity contribution in [2.75, 3.05) is 6.61 Å². The first-order chi connectivity index (χ1) is 18.3. The van der Waals surface area contributed by atoms with Gasteiger partial charge in [-0.1, -0.05) is 88.9 Å². The molecule has 0 spiro atoms. The molecule has 1 aliphatic carbocycles. The molecule has 2 aromatic carbocycles. The van der Waals surface area contributed by atoms with E-state index in [1.54, 1.807) is 24.3 Å². The second kappa shape index (κ2) is 12.0. The summed E-state index contributed by atoms with van der Waals surface area (Å²) in [6, 6.07) is 18.6. The monoisotopic (exact) mass is 616 g/mol. The van der Waals surface area contributed by atoms with Gasteiger partial charge in [-0.05, 0) is 48.5 Å². The summed E-state index contributed by atoms with van der Waals surface area (Å²) in [5.41, 5.74) is 3.33. The van der Waals surface area contributed by atoms with Gasteiger partial charge in [-0.3, -0.25) is 0 Å². The molecule has 0 amide bonds. The fourth-order valence-corrected chi connectivity index (χ4v) is 10.7. The number of aliphatic hydroxyl groups is 1. The molecule has 1 fully saturated rings. The van der Waals surface area contributed by atoms with Crippen molar-refractivity contribution in [1.29, 1.82) is 0 Å². The van der Waals surface area contributed by atoms with E-state index in [0.717, 1.165) is 5.19 Å². The van der Waals surface area contributed by atoms with Gasteiger partial charge in [-0.15, -0.1) is 11.5 Å². The Hall–Kier alpha value is -1.52. The zero-order valence-electron chi connectivity index (χ0n) is 25.9. The van der Waals surface area contributed by atoms with E-state index in [1.807, 2.05) is 24.3 Å². The van der Waals surface area contributed by atoms with Crippen LogP contribution in [0.25, 0.3) is 0 Å². The van der Waals surface area contributed by atoms with Crippen molar-refractivity contribution in [1.82, 2.24) is 0 Å². The quantitative estimate of drug-likeness (QED) is 0.283. The Labute approximate surface area is 245 Å². The first-order valence-corrected chi connectivity index (χ1v) is 25.0. The first-order valence-electron chi connectivity index (χ1n) is 14.1. The molecule has 1 saturated carbocycles. The van der Waals surface area contributed by atoms with Crippen LogP contribution in [0.5, 0.6) is 0 Å². The summed E-state index contributed by atoms with van der Waals surface area (Å²) in [6.45, 7) is 21.7. The Bertz CT molecular complexity index is 1300. The zero-order valence-corrected chi connectivity index (χ0v) is 29.7. The van der Waals surface area contributed by atoms with Crippen molar-refractivity contribution >= 4 is 39.7 Å². The summed E-state index contributed by atoms with van der Waals surface area (Å²) in [6.07, 6.45) is -1.53. The lowest BCUT2D eigenvalue weighted by Crippen LogP contribution is -2.66. The lowest BCUT2D eigenvalue weighted by Gasteiger charge is -2.51. The Morgan fingerprint density at radius 3 is 1.93 bits per heavy atom. The van der Waals surface area contributed by atoms with Crippen LogP contribution in [0.3, 0.4) is 0 Å². The molecule has 0 bridgehead atoms. The molecule has 2 aromatic rings. The molecule has 1 N–H and O–H groups in total. The fourth-order valence-electron chi connectivity index (χ4n) is 4.80. The van der Waals surface area contributed by atoms with E-state index < -0.39 is 63.8 Å². The van der Waals surface area contributed by atoms with Crippen LogP contribution in [0, 0.1) is 23.3 Å². The summed E-state index contributed by atoms with van der Waals surface area (Å²) >= 11 is 0. The van der Waals surface area contributed by atoms with Gasteiger partial charge < -0.3 is 14.0 Å². The van der Waals surface area contributed by atoms with Crippen molar-refractivity contribution in [2.45, 2.75) is 94.0 Å². The highest BCUT2D eigenvalue weighted by Crippen LogP contribution is 2.46. The average Bonchev–Trinajstić information content (AvgIpc) is 2.85. The Morgan fingerprint density at radius 1 is 0.900 bits per heavy atom. The standard InChI is InChI=1S/C31H48O5SSi3/c1-31(2,3)40(9,10)35-23-27(36-39(7,8)25-19-15-12-16-20-25)28-29(32)26(21-22-38(4,5)6)30(28)37(33,34)24-17-13-11-14-18-24/h11-20,26-30,32H,23H2,1-10H3/t26-,27+,28+,29-,30+/m1/s1. The van der Waals surface area contributed by atoms with Crippen LogP contribution in [0.4, 0.5) is 0 Å². The second-order valence-electron chi connectivity index (χ2n) is 14.0. The van der Waals surface area contributed by atoms with E-state index >= 15 is 0 Å². The summed E-state index contributed by atoms with van der Waals surface area (Å²) in [7, 11) is -10.3. The maximum Gasteiger partial charge on any atom is 0.218 e. The molecular formula is C31H48O5SSi3. The minimum Gasteiger partial charge on any atom is -0.414 e. The first kappa shape index (κ1) is 33.0. The summed E-state index contributed by atoms with van der Waals surface area (Å²) < 4.78 is 41.9. The molecular weight excluding hydrogens is 569 g/mol. The maximum absolute atomic E-state index is 14.2. The normalized spacial score (nSPS) is 23.1. The van der Waals surface area contributed by atoms with E-state index in [-0.39, 0.29) is 16.5 Å². The van der Waals surface area contributed by atoms with Crippen LogP contribution in [0.15, 0.2) is 65.6 Å². The molecule has 0 aromatic heterocycles. The van der Waals surface area contributed by atoms with Crippen molar-refractivity contribution in [2.24, 2.45) is 11.8 Å². The van der Waals surface area contributed by atoms with Gasteiger partial charge >= 0.3 is 0 Å². The third-order valence-electron chi connectivity index (χ3n) is 8.30. The highest BCUT2D eigenvalue weighted by atomic mass is 32.2. The van der Waals surface area contributed by atoms with E-state index in [0.29, 0.717) is 0 Å². The van der Waals surface area contributed by atoms with Crippen LogP contribution in [0.2, 0.25) is 50.9 Å². The Kier molecular flexibility index (Phi) is 9.89. The highest BCUT2D eigenvalue weighted by molar-refractivity contribution is 7.92. The minimum absolute atomic E-state index is 0.0248. The van der Waals surface area contributed by atoms with E-state index in [4.69, 9.17) is 8.85 Å². The fraction of sp³-hybridized carbons (Fsp3) is 0.548. The van der Waals surface area contributed by atoms with Crippen molar-refractivity contribution in [3.05, 3.63) is 60.7 Å². The number of sulfone groups is 1. The summed E-state index contributed by atoms with van der Waals surface area (Å²) in [4.78, 5) is 0.250. The van der Waals surface area contributed by atoms with Crippen LogP contribution >= 0.6 is 0 Å². The molecule has 1 aliphatic rings. The van der Waals surface area contributed by atoms with E-state index in [9.17, 15) is 13.5 Å². The van der Waals surface area contributed by atoms with Crippen molar-refractivity contribution in [3.63, 3.8) is 0 Å². The van der Waals surface area contributed by atoms with Gasteiger partial charge in [0.05, 0.1) is 34.9 Å². The van der Waals surface area contributed by atoms with E-state index in [2.05, 4.69) is 90.2 Å². The predicted octanol–water partition coefficient (Wildman–Crippen LogP) is 5.84. The third kappa shape index (κ3) is 7.46. The van der Waals surface area contributed by atoms with E-state index in [1.165, 1.54) is 0 Å². The molecule has 0 heterocycles. The molecule has 0 radical (unpaired) electrons. The number of rotatable bonds is 9. The lowest BCUT2D eigenvalue weighted by molar-refractivity contribution is -0.0797. The predicted molar refractivity (Wildman–Crippen MR) is 173 cm³/mol. The van der Waals surface area contributed by atoms with Crippen LogP contribution < -0.4 is 5.19 Å². The molecule has 3 rings (SSSR count). The van der Waals surface area contributed by atoms with Crippen LogP contribution in [-0.2, 0) is 18.7 Å². The van der Waals surface area contributed by atoms with Crippen molar-refractivity contribution < 1.29 is 22.4 Å². The lowest BCUT2D eigenvalue weighted by atomic mass is 9.69. The SMILES string of the molecule is CC(C)(C)[Si](C)(C)OC[C@H](O[Si](C)(C)c1ccccc1)[C@H]1[C@H](O)[C@@H](C#C[Si](C)(C)C)[C@@H]1S(=O)(=O)c1ccccc1. The zero-order chi connectivity index (χ0) is 30.1. The van der Waals surface area contributed by atoms with Gasteiger partial charge in [-0.25, -0.2) is 8.42 Å². The Balaban J connectivity index is 2.09. The minimum atomic E-state index is -3.80. The van der Waals surface area contributed by atoms with Gasteiger partial charge in [-0.2, -0.15) is 0 Å². The largest absolute Gasteiger partial charge is 0.414 e. The number of hydrogen-bond donors (Lipinski definition) is 1. The number of hydrogen-bond acceptors (Lipinski definition) is 5. The molecule has 0 saturated heterocycles. The summed E-state index contributed by atoms with van der Waals surface area (Å²) in [5.74, 6) is 1.88. The van der Waals surface area contributed by atoms with Crippen molar-refractivity contribution in [3.8, 4) is 11.5 Å². The Morgan fingerprint density at radius 2 is 1.43 bits per heavy atom. The van der Waals surface area contributed by atoms with Gasteiger partial charge in [0.25, 0.3) is 0 Å². The molecule has 0 unspecified atom stereocenters. The molecule has 220 valence electrons. The molecule has 5 atom stereocenters. The molecule has 0 aliphatic heterocycles. The van der Waals surface area contributed by atoms with Crippen LogP contribution in [-0.4, -0.2) is 62.3 Å². The van der Waals surface area contributed by atoms with Crippen LogP contribution in [0.1, 0.15) is 20.8 Å². The summed E-state index contributed by atoms with van der Waals surface area (Å²) in [5, 5.41) is 11.8. The average molecular weight is 617 g/mol. The smallest absolute Gasteiger partial charge is 0.218 e. The topological polar surface area (TPSA) is 72.8 Å². The molecule has 5 nitrogen and oxygen atoms in total. The number of aliphatic hydroxyl groups excluding tert-OH is 1. The van der Waals surface area contributed by atoms with Gasteiger partial charge in [0, 0.05) is 5.92 Å². The van der Waals surface area contributed by atoms with Gasteiger partial charge in [0.1, 0.15) is 8.07 Å². The van der Waals surface area contributed by atoms with Gasteiger partial charge in [0.2, 0.25) is 8.32 Å². The third-order valence-corrected chi connectivity index (χ3v) is 18.6. The maximum atomic E-state index is 14.2. The van der Waals surface area contributed by atoms with Gasteiger partial charge in [0.15, 0.2) is 18.2 Å². The molecule has 40 heavy (non-hydrogen) atoms. The molecule has 9 heteroatoms.